The Morgan fingerprint density at radius 1 is 1.27 bits per heavy atom. The molecule has 1 aromatic carbocycles. The van der Waals surface area contributed by atoms with Gasteiger partial charge in [-0.1, -0.05) is 36.9 Å². The number of nitrogens with zero attached hydrogens (tertiary/aromatic N) is 1. The zero-order valence-corrected chi connectivity index (χ0v) is 15.3. The van der Waals surface area contributed by atoms with Crippen LogP contribution in [0, 0.1) is 0 Å². The van der Waals surface area contributed by atoms with Crippen LogP contribution in [0.3, 0.4) is 0 Å². The molecular weight excluding hydrogens is 375 g/mol. The number of carbonyl (C=O) groups is 1. The lowest BCUT2D eigenvalue weighted by Gasteiger charge is -2.29. The van der Waals surface area contributed by atoms with Crippen LogP contribution in [0.4, 0.5) is 13.2 Å². The molecule has 0 aliphatic heterocycles. The lowest BCUT2D eigenvalue weighted by molar-refractivity contribution is -0.903. The number of hydrogen-bond acceptors (Lipinski definition) is 5. The number of halogens is 3. The zero-order chi connectivity index (χ0) is 20.4. The van der Waals surface area contributed by atoms with Crippen LogP contribution in [0.2, 0.25) is 0 Å². The molecule has 0 aliphatic rings. The fraction of sp³-hybridized carbons (Fsp3) is 0.438. The van der Waals surface area contributed by atoms with Gasteiger partial charge < -0.3 is 13.8 Å². The zero-order valence-electron chi connectivity index (χ0n) is 14.5. The summed E-state index contributed by atoms with van der Waals surface area (Å²) in [5.41, 5.74) is -4.32. The first kappa shape index (κ1) is 24.1. The molecule has 0 atom stereocenters. The third-order valence-electron chi connectivity index (χ3n) is 3.06. The number of esters is 1. The topological polar surface area (TPSA) is 83.5 Å². The van der Waals surface area contributed by atoms with Gasteiger partial charge in [0.2, 0.25) is 0 Å². The lowest BCUT2D eigenvalue weighted by atomic mass is 10.2. The highest BCUT2D eigenvalue weighted by Gasteiger charge is 2.36. The second kappa shape index (κ2) is 10.3. The Morgan fingerprint density at radius 2 is 1.77 bits per heavy atom. The molecule has 0 aliphatic carbocycles. The summed E-state index contributed by atoms with van der Waals surface area (Å²) in [7, 11) is -1.72. The quantitative estimate of drug-likeness (QED) is 0.176. The smallest absolute Gasteiger partial charge is 0.485 e. The van der Waals surface area contributed by atoms with Gasteiger partial charge in [0, 0.05) is 18.1 Å². The Hall–Kier alpha value is -1.91. The van der Waals surface area contributed by atoms with Crippen molar-refractivity contribution in [3.63, 3.8) is 0 Å². The van der Waals surface area contributed by atoms with Crippen molar-refractivity contribution in [2.45, 2.75) is 18.5 Å². The number of quaternary nitrogens is 1. The van der Waals surface area contributed by atoms with Crippen LogP contribution >= 0.6 is 0 Å². The van der Waals surface area contributed by atoms with Gasteiger partial charge in [0.05, 0.1) is 27.2 Å². The standard InChI is InChI=1S/C15H22NO2.CHF3O3S/c1-4-15(17)18-12-8-11-16(2,3)13-14-9-6-5-7-10-14;2-1(3,4)8(5,6)7/h4-7,9-10H,1,8,11-13H2,2-3H3;(H,5,6,7)/q+1;/p-1. The minimum Gasteiger partial charge on any atom is -0.741 e. The molecule has 148 valence electrons. The lowest BCUT2D eigenvalue weighted by Crippen LogP contribution is -2.40. The van der Waals surface area contributed by atoms with E-state index in [-0.39, 0.29) is 5.97 Å². The van der Waals surface area contributed by atoms with E-state index < -0.39 is 15.6 Å². The van der Waals surface area contributed by atoms with Crippen molar-refractivity contribution >= 4 is 16.1 Å². The van der Waals surface area contributed by atoms with Gasteiger partial charge in [-0.25, -0.2) is 13.2 Å². The van der Waals surface area contributed by atoms with Crippen LogP contribution in [0.1, 0.15) is 12.0 Å². The summed E-state index contributed by atoms with van der Waals surface area (Å²) in [5, 5.41) is 0. The maximum absolute atomic E-state index is 10.9. The molecule has 0 heterocycles. The normalized spacial score (nSPS) is 11.9. The number of alkyl halides is 3. The van der Waals surface area contributed by atoms with Crippen LogP contribution in [-0.2, 0) is 26.2 Å². The third-order valence-corrected chi connectivity index (χ3v) is 3.62. The third kappa shape index (κ3) is 10.9. The molecule has 1 aromatic rings. The van der Waals surface area contributed by atoms with Gasteiger partial charge in [0.25, 0.3) is 0 Å². The average molecular weight is 397 g/mol. The van der Waals surface area contributed by atoms with Crippen LogP contribution in [-0.4, -0.2) is 56.2 Å². The highest BCUT2D eigenvalue weighted by molar-refractivity contribution is 7.86. The second-order valence-corrected chi connectivity index (χ2v) is 7.30. The van der Waals surface area contributed by atoms with Crippen molar-refractivity contribution in [2.24, 2.45) is 0 Å². The van der Waals surface area contributed by atoms with E-state index in [0.717, 1.165) is 24.0 Å². The van der Waals surface area contributed by atoms with Gasteiger partial charge in [-0.05, 0) is 0 Å². The van der Waals surface area contributed by atoms with E-state index in [4.69, 9.17) is 17.7 Å². The SMILES string of the molecule is C=CC(=O)OCCC[N+](C)(C)Cc1ccccc1.O=S(=O)([O-])C(F)(F)F. The van der Waals surface area contributed by atoms with Gasteiger partial charge in [0.1, 0.15) is 6.54 Å². The van der Waals surface area contributed by atoms with Crippen molar-refractivity contribution in [3.05, 3.63) is 48.6 Å². The molecule has 0 unspecified atom stereocenters. The summed E-state index contributed by atoms with van der Waals surface area (Å²) in [4.78, 5) is 10.9. The number of hydrogen-bond donors (Lipinski definition) is 0. The molecule has 0 amide bonds. The molecular formula is C16H22F3NO5S. The van der Waals surface area contributed by atoms with Gasteiger partial charge in [-0.15, -0.1) is 0 Å². The molecule has 0 saturated heterocycles. The summed E-state index contributed by atoms with van der Waals surface area (Å²) >= 11 is 0. The first-order valence-corrected chi connectivity index (χ1v) is 8.86. The maximum atomic E-state index is 10.9. The number of ether oxygens (including phenoxy) is 1. The highest BCUT2D eigenvalue weighted by Crippen LogP contribution is 2.20. The Morgan fingerprint density at radius 3 is 2.19 bits per heavy atom. The predicted molar refractivity (Wildman–Crippen MR) is 88.6 cm³/mol. The molecule has 10 heteroatoms. The van der Waals surface area contributed by atoms with Crippen LogP contribution in [0.25, 0.3) is 0 Å². The first-order valence-electron chi connectivity index (χ1n) is 7.46. The molecule has 0 bridgehead atoms. The van der Waals surface area contributed by atoms with Crippen molar-refractivity contribution in [1.82, 2.24) is 0 Å². The van der Waals surface area contributed by atoms with Gasteiger partial charge in [-0.2, -0.15) is 13.2 Å². The van der Waals surface area contributed by atoms with E-state index in [9.17, 15) is 18.0 Å². The monoisotopic (exact) mass is 397 g/mol. The average Bonchev–Trinajstić information content (AvgIpc) is 2.50. The molecule has 0 radical (unpaired) electrons. The van der Waals surface area contributed by atoms with E-state index in [0.29, 0.717) is 6.61 Å². The predicted octanol–water partition coefficient (Wildman–Crippen LogP) is 2.43. The summed E-state index contributed by atoms with van der Waals surface area (Å²) in [5.74, 6) is -0.344. The summed E-state index contributed by atoms with van der Waals surface area (Å²) in [6.45, 7) is 5.78. The molecule has 0 N–H and O–H groups in total. The van der Waals surface area contributed by atoms with E-state index >= 15 is 0 Å². The van der Waals surface area contributed by atoms with Crippen LogP contribution < -0.4 is 0 Å². The minimum absolute atomic E-state index is 0.344. The van der Waals surface area contributed by atoms with Crippen LogP contribution in [0.15, 0.2) is 43.0 Å². The summed E-state index contributed by atoms with van der Waals surface area (Å²) in [6, 6.07) is 10.4. The van der Waals surface area contributed by atoms with Gasteiger partial charge in [-0.3, -0.25) is 0 Å². The second-order valence-electron chi connectivity index (χ2n) is 5.93. The van der Waals surface area contributed by atoms with E-state index in [1.54, 1.807) is 0 Å². The van der Waals surface area contributed by atoms with E-state index in [1.807, 2.05) is 6.07 Å². The fourth-order valence-corrected chi connectivity index (χ4v) is 1.88. The first-order chi connectivity index (χ1) is 11.8. The van der Waals surface area contributed by atoms with E-state index in [1.165, 1.54) is 11.6 Å². The molecule has 26 heavy (non-hydrogen) atoms. The van der Waals surface area contributed by atoms with Crippen LogP contribution in [0.5, 0.6) is 0 Å². The molecule has 0 spiro atoms. The Bertz CT molecular complexity index is 673. The fourth-order valence-electron chi connectivity index (χ4n) is 1.88. The molecule has 0 aromatic heterocycles. The Kier molecular flexibility index (Phi) is 9.53. The van der Waals surface area contributed by atoms with E-state index in [2.05, 4.69) is 44.9 Å². The van der Waals surface area contributed by atoms with Crippen molar-refractivity contribution in [3.8, 4) is 0 Å². The maximum Gasteiger partial charge on any atom is 0.485 e. The molecule has 0 fully saturated rings. The molecule has 1 rings (SSSR count). The van der Waals surface area contributed by atoms with Crippen molar-refractivity contribution < 1.29 is 40.2 Å². The molecule has 6 nitrogen and oxygen atoms in total. The largest absolute Gasteiger partial charge is 0.741 e. The Labute approximate surface area is 151 Å². The van der Waals surface area contributed by atoms with Crippen molar-refractivity contribution in [2.75, 3.05) is 27.2 Å². The van der Waals surface area contributed by atoms with Crippen molar-refractivity contribution in [1.29, 1.82) is 0 Å². The van der Waals surface area contributed by atoms with Gasteiger partial charge in [0.15, 0.2) is 10.1 Å². The number of carbonyl (C=O) groups excluding carboxylic acids is 1. The highest BCUT2D eigenvalue weighted by atomic mass is 32.2. The summed E-state index contributed by atoms with van der Waals surface area (Å²) < 4.78 is 64.8. The number of rotatable bonds is 7. The Balaban J connectivity index is 0.000000660. The number of benzene rings is 1. The summed E-state index contributed by atoms with van der Waals surface area (Å²) in [6.07, 6.45) is 2.06. The van der Waals surface area contributed by atoms with Gasteiger partial charge >= 0.3 is 11.5 Å². The minimum atomic E-state index is -6.09. The molecule has 0 saturated carbocycles.